The van der Waals surface area contributed by atoms with E-state index in [9.17, 15) is 4.79 Å². The molecule has 0 saturated heterocycles. The third-order valence-electron chi connectivity index (χ3n) is 3.37. The third-order valence-corrected chi connectivity index (χ3v) is 3.37. The zero-order valence-electron chi connectivity index (χ0n) is 11.4. The van der Waals surface area contributed by atoms with Gasteiger partial charge in [-0.1, -0.05) is 55.5 Å². The molecular weight excluding hydrogens is 234 g/mol. The molecule has 0 bridgehead atoms. The molecule has 2 heteroatoms. The second-order valence-corrected chi connectivity index (χ2v) is 4.80. The zero-order chi connectivity index (χ0) is 13.7. The lowest BCUT2D eigenvalue weighted by molar-refractivity contribution is -0.118. The van der Waals surface area contributed by atoms with Crippen molar-refractivity contribution in [1.82, 2.24) is 0 Å². The fourth-order valence-corrected chi connectivity index (χ4v) is 2.09. The number of anilines is 1. The van der Waals surface area contributed by atoms with Crippen molar-refractivity contribution in [3.63, 3.8) is 0 Å². The van der Waals surface area contributed by atoms with Crippen LogP contribution in [0.2, 0.25) is 0 Å². The molecule has 2 rings (SSSR count). The molecule has 19 heavy (non-hydrogen) atoms. The van der Waals surface area contributed by atoms with Crippen LogP contribution in [-0.2, 0) is 4.79 Å². The van der Waals surface area contributed by atoms with Gasteiger partial charge in [-0.15, -0.1) is 0 Å². The van der Waals surface area contributed by atoms with Gasteiger partial charge in [-0.2, -0.15) is 0 Å². The van der Waals surface area contributed by atoms with E-state index in [1.165, 1.54) is 5.56 Å². The van der Waals surface area contributed by atoms with Crippen LogP contribution in [0.3, 0.4) is 0 Å². The molecule has 2 aromatic carbocycles. The van der Waals surface area contributed by atoms with Crippen LogP contribution < -0.4 is 4.90 Å². The van der Waals surface area contributed by atoms with Crippen LogP contribution in [0, 0.1) is 0 Å². The third kappa shape index (κ3) is 3.44. The van der Waals surface area contributed by atoms with Gasteiger partial charge in [-0.05, 0) is 23.6 Å². The Bertz CT molecular complexity index is 521. The summed E-state index contributed by atoms with van der Waals surface area (Å²) in [6, 6.07) is 19.9. The molecule has 1 amide bonds. The van der Waals surface area contributed by atoms with Crippen LogP contribution in [0.15, 0.2) is 60.7 Å². The molecule has 0 saturated carbocycles. The lowest BCUT2D eigenvalue weighted by Crippen LogP contribution is -2.27. The lowest BCUT2D eigenvalue weighted by Gasteiger charge is -2.20. The fraction of sp³-hybridized carbons (Fsp3) is 0.235. The zero-order valence-corrected chi connectivity index (χ0v) is 11.4. The van der Waals surface area contributed by atoms with Crippen molar-refractivity contribution in [3.05, 3.63) is 66.2 Å². The number of nitrogens with zero attached hydrogens (tertiary/aromatic N) is 1. The predicted molar refractivity (Wildman–Crippen MR) is 79.3 cm³/mol. The summed E-state index contributed by atoms with van der Waals surface area (Å²) >= 11 is 0. The van der Waals surface area contributed by atoms with Gasteiger partial charge in [0, 0.05) is 19.2 Å². The molecule has 0 unspecified atom stereocenters. The molecule has 1 atom stereocenters. The molecule has 0 fully saturated rings. The molecule has 0 aliphatic heterocycles. The summed E-state index contributed by atoms with van der Waals surface area (Å²) in [5.41, 5.74) is 2.14. The van der Waals surface area contributed by atoms with E-state index in [0.29, 0.717) is 6.42 Å². The lowest BCUT2D eigenvalue weighted by atomic mass is 9.97. The van der Waals surface area contributed by atoms with E-state index in [1.807, 2.05) is 55.6 Å². The minimum absolute atomic E-state index is 0.141. The molecule has 2 nitrogen and oxygen atoms in total. The van der Waals surface area contributed by atoms with Crippen molar-refractivity contribution in [1.29, 1.82) is 0 Å². The van der Waals surface area contributed by atoms with E-state index in [1.54, 1.807) is 4.90 Å². The quantitative estimate of drug-likeness (QED) is 0.810. The standard InChI is InChI=1S/C17H19NO/c1-14(15-9-5-3-6-10-15)13-17(19)18(2)16-11-7-4-8-12-16/h3-12,14H,13H2,1-2H3/t14-/m0/s1. The molecule has 0 heterocycles. The summed E-state index contributed by atoms with van der Waals surface area (Å²) in [6.45, 7) is 2.09. The highest BCUT2D eigenvalue weighted by molar-refractivity contribution is 5.93. The van der Waals surface area contributed by atoms with Crippen molar-refractivity contribution in [2.24, 2.45) is 0 Å². The van der Waals surface area contributed by atoms with E-state index in [0.717, 1.165) is 5.69 Å². The average molecular weight is 253 g/mol. The summed E-state index contributed by atoms with van der Waals surface area (Å²) in [4.78, 5) is 14.0. The molecule has 0 spiro atoms. The number of hydrogen-bond acceptors (Lipinski definition) is 1. The van der Waals surface area contributed by atoms with Crippen LogP contribution in [0.25, 0.3) is 0 Å². The highest BCUT2D eigenvalue weighted by Gasteiger charge is 2.15. The van der Waals surface area contributed by atoms with Crippen LogP contribution in [-0.4, -0.2) is 13.0 Å². The second-order valence-electron chi connectivity index (χ2n) is 4.80. The number of rotatable bonds is 4. The van der Waals surface area contributed by atoms with Crippen LogP contribution in [0.5, 0.6) is 0 Å². The van der Waals surface area contributed by atoms with E-state index in [2.05, 4.69) is 19.1 Å². The summed E-state index contributed by atoms with van der Waals surface area (Å²) in [7, 11) is 1.83. The number of carbonyl (C=O) groups is 1. The Labute approximate surface area is 114 Å². The highest BCUT2D eigenvalue weighted by atomic mass is 16.2. The number of benzene rings is 2. The van der Waals surface area contributed by atoms with Crippen molar-refractivity contribution in [2.45, 2.75) is 19.3 Å². The Balaban J connectivity index is 2.02. The topological polar surface area (TPSA) is 20.3 Å². The molecule has 0 aliphatic carbocycles. The number of para-hydroxylation sites is 1. The van der Waals surface area contributed by atoms with Crippen LogP contribution in [0.1, 0.15) is 24.8 Å². The number of hydrogen-bond donors (Lipinski definition) is 0. The number of amides is 1. The summed E-state index contributed by atoms with van der Waals surface area (Å²) < 4.78 is 0. The Morgan fingerprint density at radius 3 is 2.11 bits per heavy atom. The Kier molecular flexibility index (Phi) is 4.35. The molecule has 0 aliphatic rings. The Morgan fingerprint density at radius 1 is 1.00 bits per heavy atom. The highest BCUT2D eigenvalue weighted by Crippen LogP contribution is 2.21. The summed E-state index contributed by atoms with van der Waals surface area (Å²) in [5.74, 6) is 0.377. The van der Waals surface area contributed by atoms with Gasteiger partial charge < -0.3 is 4.90 Å². The first-order chi connectivity index (χ1) is 9.18. The van der Waals surface area contributed by atoms with Crippen molar-refractivity contribution in [2.75, 3.05) is 11.9 Å². The Hall–Kier alpha value is -2.09. The SMILES string of the molecule is C[C@@H](CC(=O)N(C)c1ccccc1)c1ccccc1. The maximum atomic E-state index is 12.3. The van der Waals surface area contributed by atoms with Crippen LogP contribution in [0.4, 0.5) is 5.69 Å². The minimum atomic E-state index is 0.141. The van der Waals surface area contributed by atoms with Gasteiger partial charge >= 0.3 is 0 Å². The van der Waals surface area contributed by atoms with Crippen molar-refractivity contribution < 1.29 is 4.79 Å². The van der Waals surface area contributed by atoms with Crippen molar-refractivity contribution >= 4 is 11.6 Å². The van der Waals surface area contributed by atoms with Gasteiger partial charge in [0.15, 0.2) is 0 Å². The predicted octanol–water partition coefficient (Wildman–Crippen LogP) is 3.84. The van der Waals surface area contributed by atoms with Crippen molar-refractivity contribution in [3.8, 4) is 0 Å². The van der Waals surface area contributed by atoms with E-state index < -0.39 is 0 Å². The van der Waals surface area contributed by atoms with E-state index >= 15 is 0 Å². The maximum absolute atomic E-state index is 12.3. The summed E-state index contributed by atoms with van der Waals surface area (Å²) in [5, 5.41) is 0. The van der Waals surface area contributed by atoms with Gasteiger partial charge in [0.25, 0.3) is 0 Å². The first-order valence-electron chi connectivity index (χ1n) is 6.55. The smallest absolute Gasteiger partial charge is 0.227 e. The molecule has 0 N–H and O–H groups in total. The normalized spacial score (nSPS) is 11.9. The van der Waals surface area contributed by atoms with Gasteiger partial charge in [0.1, 0.15) is 0 Å². The Morgan fingerprint density at radius 2 is 1.53 bits per heavy atom. The van der Waals surface area contributed by atoms with E-state index in [4.69, 9.17) is 0 Å². The molecule has 0 aromatic heterocycles. The monoisotopic (exact) mass is 253 g/mol. The largest absolute Gasteiger partial charge is 0.315 e. The first kappa shape index (κ1) is 13.3. The number of carbonyl (C=O) groups excluding carboxylic acids is 1. The minimum Gasteiger partial charge on any atom is -0.315 e. The molecule has 98 valence electrons. The van der Waals surface area contributed by atoms with Gasteiger partial charge in [-0.25, -0.2) is 0 Å². The molecule has 0 radical (unpaired) electrons. The molecular formula is C17H19NO. The average Bonchev–Trinajstić information content (AvgIpc) is 2.48. The van der Waals surface area contributed by atoms with Gasteiger partial charge in [-0.3, -0.25) is 4.79 Å². The molecule has 2 aromatic rings. The second kappa shape index (κ2) is 6.19. The van der Waals surface area contributed by atoms with E-state index in [-0.39, 0.29) is 11.8 Å². The van der Waals surface area contributed by atoms with Gasteiger partial charge in [0.2, 0.25) is 5.91 Å². The first-order valence-corrected chi connectivity index (χ1v) is 6.55. The van der Waals surface area contributed by atoms with Crippen LogP contribution >= 0.6 is 0 Å². The van der Waals surface area contributed by atoms with Gasteiger partial charge in [0.05, 0.1) is 0 Å². The fourth-order valence-electron chi connectivity index (χ4n) is 2.09. The maximum Gasteiger partial charge on any atom is 0.227 e. The summed E-state index contributed by atoms with van der Waals surface area (Å²) in [6.07, 6.45) is 0.523.